The Hall–Kier alpha value is -1.10. The van der Waals surface area contributed by atoms with Crippen LogP contribution in [0.25, 0.3) is 0 Å². The second-order valence-corrected chi connectivity index (χ2v) is 4.94. The highest BCUT2D eigenvalue weighted by Crippen LogP contribution is 2.30. The maximum absolute atomic E-state index is 12.1. The summed E-state index contributed by atoms with van der Waals surface area (Å²) in [6.45, 7) is 4.64. The zero-order chi connectivity index (χ0) is 13.1. The van der Waals surface area contributed by atoms with Crippen LogP contribution in [0.1, 0.15) is 39.5 Å². The van der Waals surface area contributed by atoms with E-state index in [0.717, 1.165) is 12.8 Å². The average molecular weight is 242 g/mol. The van der Waals surface area contributed by atoms with E-state index in [1.165, 1.54) is 4.90 Å². The van der Waals surface area contributed by atoms with Gasteiger partial charge in [-0.2, -0.15) is 0 Å². The number of hydrogen-bond donors (Lipinski definition) is 2. The van der Waals surface area contributed by atoms with E-state index in [2.05, 4.69) is 0 Å². The van der Waals surface area contributed by atoms with E-state index in [9.17, 15) is 14.7 Å². The molecule has 2 atom stereocenters. The van der Waals surface area contributed by atoms with Gasteiger partial charge >= 0.3 is 5.97 Å². The molecule has 1 heterocycles. The van der Waals surface area contributed by atoms with Crippen molar-refractivity contribution in [2.24, 2.45) is 11.7 Å². The summed E-state index contributed by atoms with van der Waals surface area (Å²) in [7, 11) is 0. The van der Waals surface area contributed by atoms with Gasteiger partial charge < -0.3 is 15.7 Å². The number of hydrogen-bond acceptors (Lipinski definition) is 3. The first-order valence-electron chi connectivity index (χ1n) is 6.19. The van der Waals surface area contributed by atoms with Gasteiger partial charge in [0.1, 0.15) is 5.54 Å². The monoisotopic (exact) mass is 242 g/mol. The molecule has 0 radical (unpaired) electrons. The lowest BCUT2D eigenvalue weighted by Crippen LogP contribution is -2.51. The quantitative estimate of drug-likeness (QED) is 0.748. The Kier molecular flexibility index (Phi) is 4.51. The molecule has 2 unspecified atom stereocenters. The van der Waals surface area contributed by atoms with Gasteiger partial charge in [0.05, 0.1) is 0 Å². The van der Waals surface area contributed by atoms with E-state index in [1.54, 1.807) is 6.92 Å². The van der Waals surface area contributed by atoms with Crippen LogP contribution in [0.2, 0.25) is 0 Å². The molecule has 0 aliphatic carbocycles. The summed E-state index contributed by atoms with van der Waals surface area (Å²) in [4.78, 5) is 24.9. The van der Waals surface area contributed by atoms with E-state index in [1.807, 2.05) is 6.92 Å². The fraction of sp³-hybridized carbons (Fsp3) is 0.833. The Bertz CT molecular complexity index is 302. The number of carboxylic acids is 1. The van der Waals surface area contributed by atoms with Gasteiger partial charge in [0.2, 0.25) is 5.91 Å². The zero-order valence-electron chi connectivity index (χ0n) is 10.6. The van der Waals surface area contributed by atoms with E-state index in [-0.39, 0.29) is 11.8 Å². The van der Waals surface area contributed by atoms with Crippen molar-refractivity contribution in [1.82, 2.24) is 4.90 Å². The Morgan fingerprint density at radius 2 is 2.18 bits per heavy atom. The molecule has 17 heavy (non-hydrogen) atoms. The third-order valence-electron chi connectivity index (χ3n) is 3.78. The molecule has 0 bridgehead atoms. The fourth-order valence-corrected chi connectivity index (χ4v) is 2.34. The smallest absolute Gasteiger partial charge is 0.329 e. The Balaban J connectivity index is 2.72. The molecule has 98 valence electrons. The van der Waals surface area contributed by atoms with Crippen LogP contribution in [0.3, 0.4) is 0 Å². The molecule has 0 spiro atoms. The van der Waals surface area contributed by atoms with Crippen molar-refractivity contribution in [1.29, 1.82) is 0 Å². The topological polar surface area (TPSA) is 83.6 Å². The van der Waals surface area contributed by atoms with Crippen LogP contribution in [0.5, 0.6) is 0 Å². The first-order chi connectivity index (χ1) is 7.95. The minimum absolute atomic E-state index is 0.0790. The summed E-state index contributed by atoms with van der Waals surface area (Å²) < 4.78 is 0. The summed E-state index contributed by atoms with van der Waals surface area (Å²) in [5, 5.41) is 9.22. The maximum Gasteiger partial charge on any atom is 0.329 e. The molecular formula is C12H22N2O3. The highest BCUT2D eigenvalue weighted by atomic mass is 16.4. The van der Waals surface area contributed by atoms with Gasteiger partial charge in [-0.1, -0.05) is 13.3 Å². The molecule has 1 rings (SSSR count). The van der Waals surface area contributed by atoms with Crippen molar-refractivity contribution in [3.8, 4) is 0 Å². The molecule has 1 fully saturated rings. The molecule has 0 saturated carbocycles. The molecule has 1 amide bonds. The fourth-order valence-electron chi connectivity index (χ4n) is 2.34. The van der Waals surface area contributed by atoms with Gasteiger partial charge in [-0.15, -0.1) is 0 Å². The van der Waals surface area contributed by atoms with Gasteiger partial charge in [0, 0.05) is 13.0 Å². The number of amides is 1. The zero-order valence-corrected chi connectivity index (χ0v) is 10.6. The van der Waals surface area contributed by atoms with Crippen molar-refractivity contribution in [2.45, 2.75) is 45.1 Å². The normalized spacial score (nSPS) is 25.9. The maximum atomic E-state index is 12.1. The Morgan fingerprint density at radius 3 is 2.65 bits per heavy atom. The summed E-state index contributed by atoms with van der Waals surface area (Å²) in [5.74, 6) is -0.838. The molecule has 3 N–H and O–H groups in total. The lowest BCUT2D eigenvalue weighted by molar-refractivity contribution is -0.155. The lowest BCUT2D eigenvalue weighted by atomic mass is 9.97. The highest BCUT2D eigenvalue weighted by Gasteiger charge is 2.45. The van der Waals surface area contributed by atoms with Crippen LogP contribution in [0, 0.1) is 5.92 Å². The number of nitrogens with zero attached hydrogens (tertiary/aromatic N) is 1. The molecule has 0 aromatic rings. The summed E-state index contributed by atoms with van der Waals surface area (Å²) in [5.41, 5.74) is 4.55. The van der Waals surface area contributed by atoms with Gasteiger partial charge in [0.15, 0.2) is 0 Å². The molecule has 5 heteroatoms. The van der Waals surface area contributed by atoms with Crippen LogP contribution < -0.4 is 5.73 Å². The standard InChI is InChI=1S/C12H22N2O3/c1-3-9(8-13)7-10(15)14-6-4-5-12(14,2)11(16)17/h9H,3-8,13H2,1-2H3,(H,16,17). The number of likely N-dealkylation sites (tertiary alicyclic amines) is 1. The SMILES string of the molecule is CCC(CN)CC(=O)N1CCCC1(C)C(=O)O. The number of carboxylic acid groups (broad SMARTS) is 1. The van der Waals surface area contributed by atoms with E-state index < -0.39 is 11.5 Å². The van der Waals surface area contributed by atoms with Crippen molar-refractivity contribution in [3.05, 3.63) is 0 Å². The number of carbonyl (C=O) groups is 2. The van der Waals surface area contributed by atoms with Crippen molar-refractivity contribution in [2.75, 3.05) is 13.1 Å². The van der Waals surface area contributed by atoms with Crippen LogP contribution in [0.4, 0.5) is 0 Å². The van der Waals surface area contributed by atoms with E-state index in [0.29, 0.717) is 25.9 Å². The average Bonchev–Trinajstić information content (AvgIpc) is 2.69. The number of rotatable bonds is 5. The van der Waals surface area contributed by atoms with Crippen LogP contribution in [-0.2, 0) is 9.59 Å². The van der Waals surface area contributed by atoms with Gasteiger partial charge in [-0.05, 0) is 32.2 Å². The second kappa shape index (κ2) is 5.49. The van der Waals surface area contributed by atoms with Gasteiger partial charge in [-0.25, -0.2) is 4.79 Å². The van der Waals surface area contributed by atoms with Crippen molar-refractivity contribution >= 4 is 11.9 Å². The molecule has 1 aliphatic rings. The third-order valence-corrected chi connectivity index (χ3v) is 3.78. The van der Waals surface area contributed by atoms with E-state index >= 15 is 0 Å². The second-order valence-electron chi connectivity index (χ2n) is 4.94. The summed E-state index contributed by atoms with van der Waals surface area (Å²) in [6, 6.07) is 0. The molecule has 1 aliphatic heterocycles. The summed E-state index contributed by atoms with van der Waals surface area (Å²) in [6.07, 6.45) is 2.50. The molecule has 0 aromatic heterocycles. The minimum atomic E-state index is -1.02. The molecule has 0 aromatic carbocycles. The lowest BCUT2D eigenvalue weighted by Gasteiger charge is -2.32. The van der Waals surface area contributed by atoms with Crippen LogP contribution in [0.15, 0.2) is 0 Å². The third kappa shape index (κ3) is 2.77. The predicted octanol–water partition coefficient (Wildman–Crippen LogP) is 0.827. The van der Waals surface area contributed by atoms with Crippen molar-refractivity contribution < 1.29 is 14.7 Å². The molecule has 1 saturated heterocycles. The van der Waals surface area contributed by atoms with Gasteiger partial charge in [-0.3, -0.25) is 4.79 Å². The number of carbonyl (C=O) groups excluding carboxylic acids is 1. The molecular weight excluding hydrogens is 220 g/mol. The minimum Gasteiger partial charge on any atom is -0.480 e. The Labute approximate surface area is 102 Å². The van der Waals surface area contributed by atoms with Crippen LogP contribution >= 0.6 is 0 Å². The number of aliphatic carboxylic acids is 1. The van der Waals surface area contributed by atoms with Gasteiger partial charge in [0.25, 0.3) is 0 Å². The Morgan fingerprint density at radius 1 is 1.53 bits per heavy atom. The van der Waals surface area contributed by atoms with E-state index in [4.69, 9.17) is 5.73 Å². The van der Waals surface area contributed by atoms with Crippen molar-refractivity contribution in [3.63, 3.8) is 0 Å². The first kappa shape index (κ1) is 14.0. The number of nitrogens with two attached hydrogens (primary N) is 1. The largest absolute Gasteiger partial charge is 0.480 e. The molecule has 5 nitrogen and oxygen atoms in total. The first-order valence-corrected chi connectivity index (χ1v) is 6.19. The van der Waals surface area contributed by atoms with Crippen LogP contribution in [-0.4, -0.2) is 40.5 Å². The summed E-state index contributed by atoms with van der Waals surface area (Å²) >= 11 is 0. The predicted molar refractivity (Wildman–Crippen MR) is 64.4 cm³/mol. The highest BCUT2D eigenvalue weighted by molar-refractivity contribution is 5.87.